The van der Waals surface area contributed by atoms with Crippen molar-refractivity contribution in [3.63, 3.8) is 0 Å². The van der Waals surface area contributed by atoms with Crippen LogP contribution in [0.1, 0.15) is 22.3 Å². The van der Waals surface area contributed by atoms with Crippen molar-refractivity contribution < 1.29 is 9.59 Å². The van der Waals surface area contributed by atoms with E-state index in [0.29, 0.717) is 17.1 Å². The summed E-state index contributed by atoms with van der Waals surface area (Å²) in [5.74, 6) is 0.233. The Balaban J connectivity index is 1.50. The molecule has 2 heterocycles. The van der Waals surface area contributed by atoms with Gasteiger partial charge in [-0.1, -0.05) is 48.5 Å². The van der Waals surface area contributed by atoms with Gasteiger partial charge < -0.3 is 10.6 Å². The van der Waals surface area contributed by atoms with Crippen LogP contribution >= 0.6 is 0 Å². The highest BCUT2D eigenvalue weighted by atomic mass is 16.2. The van der Waals surface area contributed by atoms with E-state index in [2.05, 4.69) is 10.6 Å². The monoisotopic (exact) mass is 398 g/mol. The maximum Gasteiger partial charge on any atom is 0.251 e. The number of aryl methyl sites for hydroxylation is 1. The first-order valence-electron chi connectivity index (χ1n) is 9.79. The topological polar surface area (TPSA) is 75.5 Å². The fourth-order valence-corrected chi connectivity index (χ4v) is 3.24. The molecular weight excluding hydrogens is 376 g/mol. The van der Waals surface area contributed by atoms with Crippen LogP contribution in [0.4, 0.5) is 5.82 Å². The highest BCUT2D eigenvalue weighted by molar-refractivity contribution is 5.96. The van der Waals surface area contributed by atoms with Crippen LogP contribution in [0, 0.1) is 6.92 Å². The molecule has 0 atom stereocenters. The predicted octanol–water partition coefficient (Wildman–Crippen LogP) is 4.07. The third kappa shape index (κ3) is 4.22. The molecule has 0 radical (unpaired) electrons. The Bertz CT molecular complexity index is 1180. The molecule has 0 bridgehead atoms. The molecule has 0 fully saturated rings. The van der Waals surface area contributed by atoms with Crippen molar-refractivity contribution in [3.8, 4) is 11.3 Å². The van der Waals surface area contributed by atoms with Gasteiger partial charge >= 0.3 is 0 Å². The Morgan fingerprint density at radius 3 is 2.40 bits per heavy atom. The molecule has 0 aliphatic heterocycles. The zero-order valence-corrected chi connectivity index (χ0v) is 16.6. The van der Waals surface area contributed by atoms with Gasteiger partial charge in [-0.15, -0.1) is 0 Å². The van der Waals surface area contributed by atoms with E-state index in [4.69, 9.17) is 4.98 Å². The second kappa shape index (κ2) is 8.61. The van der Waals surface area contributed by atoms with Crippen molar-refractivity contribution >= 4 is 23.3 Å². The predicted molar refractivity (Wildman–Crippen MR) is 117 cm³/mol. The van der Waals surface area contributed by atoms with E-state index in [9.17, 15) is 9.59 Å². The molecule has 6 nitrogen and oxygen atoms in total. The van der Waals surface area contributed by atoms with Crippen LogP contribution in [0.15, 0.2) is 79.0 Å². The number of anilines is 1. The minimum Gasteiger partial charge on any atom is -0.352 e. The Hall–Kier alpha value is -3.93. The van der Waals surface area contributed by atoms with Gasteiger partial charge in [-0.3, -0.25) is 14.0 Å². The van der Waals surface area contributed by atoms with Crippen LogP contribution in [0.2, 0.25) is 0 Å². The summed E-state index contributed by atoms with van der Waals surface area (Å²) in [6, 6.07) is 22.6. The molecule has 2 aromatic heterocycles. The molecule has 2 aromatic carbocycles. The molecule has 4 aromatic rings. The maximum atomic E-state index is 12.6. The van der Waals surface area contributed by atoms with Gasteiger partial charge in [0.2, 0.25) is 5.91 Å². The van der Waals surface area contributed by atoms with E-state index in [1.54, 1.807) is 24.3 Å². The first kappa shape index (κ1) is 19.4. The Kier molecular flexibility index (Phi) is 5.57. The van der Waals surface area contributed by atoms with Gasteiger partial charge in [-0.05, 0) is 36.8 Å². The van der Waals surface area contributed by atoms with E-state index in [1.807, 2.05) is 66.1 Å². The lowest BCUT2D eigenvalue weighted by atomic mass is 10.1. The largest absolute Gasteiger partial charge is 0.352 e. The molecule has 2 amide bonds. The lowest BCUT2D eigenvalue weighted by Crippen LogP contribution is -2.27. The SMILES string of the molecule is Cc1ccn2c(NC(=O)CCNC(=O)c3ccccc3)c(-c3ccccc3)nc2c1. The van der Waals surface area contributed by atoms with E-state index in [1.165, 1.54) is 0 Å². The average molecular weight is 398 g/mol. The zero-order chi connectivity index (χ0) is 20.9. The summed E-state index contributed by atoms with van der Waals surface area (Å²) in [4.78, 5) is 29.5. The van der Waals surface area contributed by atoms with Crippen molar-refractivity contribution in [1.29, 1.82) is 0 Å². The van der Waals surface area contributed by atoms with Crippen molar-refractivity contribution in [2.45, 2.75) is 13.3 Å². The number of hydrogen-bond acceptors (Lipinski definition) is 3. The van der Waals surface area contributed by atoms with Crippen molar-refractivity contribution in [1.82, 2.24) is 14.7 Å². The second-order valence-corrected chi connectivity index (χ2v) is 7.03. The Morgan fingerprint density at radius 1 is 0.967 bits per heavy atom. The first-order valence-corrected chi connectivity index (χ1v) is 9.79. The number of nitrogens with one attached hydrogen (secondary N) is 2. The third-order valence-electron chi connectivity index (χ3n) is 4.76. The molecule has 4 rings (SSSR count). The summed E-state index contributed by atoms with van der Waals surface area (Å²) in [6.07, 6.45) is 2.06. The number of pyridine rings is 1. The number of hydrogen-bond donors (Lipinski definition) is 2. The van der Waals surface area contributed by atoms with Crippen LogP contribution in [0.3, 0.4) is 0 Å². The highest BCUT2D eigenvalue weighted by Gasteiger charge is 2.16. The molecular formula is C24H22N4O2. The van der Waals surface area contributed by atoms with Crippen LogP contribution < -0.4 is 10.6 Å². The molecule has 0 saturated heterocycles. The molecule has 2 N–H and O–H groups in total. The standard InChI is InChI=1S/C24H22N4O2/c1-17-13-15-28-20(16-17)26-22(18-8-4-2-5-9-18)23(28)27-21(29)12-14-25-24(30)19-10-6-3-7-11-19/h2-11,13,15-16H,12,14H2,1H3,(H,25,30)(H,27,29). The van der Waals surface area contributed by atoms with E-state index >= 15 is 0 Å². The van der Waals surface area contributed by atoms with Crippen molar-refractivity contribution in [3.05, 3.63) is 90.1 Å². The number of imidazole rings is 1. The normalized spacial score (nSPS) is 10.7. The molecule has 150 valence electrons. The summed E-state index contributed by atoms with van der Waals surface area (Å²) in [5.41, 5.74) is 4.06. The third-order valence-corrected chi connectivity index (χ3v) is 4.76. The quantitative estimate of drug-likeness (QED) is 0.514. The van der Waals surface area contributed by atoms with Crippen LogP contribution in [0.5, 0.6) is 0 Å². The van der Waals surface area contributed by atoms with E-state index in [-0.39, 0.29) is 24.8 Å². The summed E-state index contributed by atoms with van der Waals surface area (Å²) < 4.78 is 1.87. The lowest BCUT2D eigenvalue weighted by Gasteiger charge is -2.09. The Labute approximate surface area is 174 Å². The molecule has 0 spiro atoms. The van der Waals surface area contributed by atoms with E-state index in [0.717, 1.165) is 16.8 Å². The number of rotatable bonds is 6. The molecule has 30 heavy (non-hydrogen) atoms. The van der Waals surface area contributed by atoms with Crippen LogP contribution in [-0.2, 0) is 4.79 Å². The molecule has 0 saturated carbocycles. The number of carbonyl (C=O) groups is 2. The fraction of sp³-hybridized carbons (Fsp3) is 0.125. The van der Waals surface area contributed by atoms with Gasteiger partial charge in [0.05, 0.1) is 0 Å². The summed E-state index contributed by atoms with van der Waals surface area (Å²) in [5, 5.41) is 5.75. The fourth-order valence-electron chi connectivity index (χ4n) is 3.24. The van der Waals surface area contributed by atoms with E-state index < -0.39 is 0 Å². The van der Waals surface area contributed by atoms with Crippen LogP contribution in [0.25, 0.3) is 16.9 Å². The minimum absolute atomic E-state index is 0.159. The van der Waals surface area contributed by atoms with Gasteiger partial charge in [0.1, 0.15) is 17.2 Å². The minimum atomic E-state index is -0.196. The van der Waals surface area contributed by atoms with Gasteiger partial charge in [0.15, 0.2) is 0 Å². The molecule has 6 heteroatoms. The average Bonchev–Trinajstić information content (AvgIpc) is 3.12. The molecule has 0 aliphatic carbocycles. The first-order chi connectivity index (χ1) is 14.6. The van der Waals surface area contributed by atoms with Crippen LogP contribution in [-0.4, -0.2) is 27.7 Å². The lowest BCUT2D eigenvalue weighted by molar-refractivity contribution is -0.116. The number of aromatic nitrogens is 2. The number of amides is 2. The number of carbonyl (C=O) groups excluding carboxylic acids is 2. The van der Waals surface area contributed by atoms with Gasteiger partial charge in [0.25, 0.3) is 5.91 Å². The summed E-state index contributed by atoms with van der Waals surface area (Å²) >= 11 is 0. The molecule has 0 aliphatic rings. The summed E-state index contributed by atoms with van der Waals surface area (Å²) in [6.45, 7) is 2.25. The smallest absolute Gasteiger partial charge is 0.251 e. The number of fused-ring (bicyclic) bond motifs is 1. The Morgan fingerprint density at radius 2 is 1.67 bits per heavy atom. The maximum absolute atomic E-state index is 12.6. The second-order valence-electron chi connectivity index (χ2n) is 7.03. The van der Waals surface area contributed by atoms with Crippen molar-refractivity contribution in [2.24, 2.45) is 0 Å². The van der Waals surface area contributed by atoms with Gasteiger partial charge in [0, 0.05) is 30.3 Å². The van der Waals surface area contributed by atoms with Gasteiger partial charge in [-0.2, -0.15) is 0 Å². The number of benzene rings is 2. The van der Waals surface area contributed by atoms with Crippen molar-refractivity contribution in [2.75, 3.05) is 11.9 Å². The number of nitrogens with zero attached hydrogens (tertiary/aromatic N) is 2. The van der Waals surface area contributed by atoms with Gasteiger partial charge in [-0.25, -0.2) is 4.98 Å². The highest BCUT2D eigenvalue weighted by Crippen LogP contribution is 2.29. The molecule has 0 unspecified atom stereocenters. The summed E-state index contributed by atoms with van der Waals surface area (Å²) in [7, 11) is 0. The zero-order valence-electron chi connectivity index (χ0n) is 16.6.